The van der Waals surface area contributed by atoms with Crippen LogP contribution in [0.4, 0.5) is 9.18 Å². The van der Waals surface area contributed by atoms with E-state index in [9.17, 15) is 18.8 Å². The number of urea groups is 1. The maximum absolute atomic E-state index is 12.9. The number of carbonyl (C=O) groups is 3. The summed E-state index contributed by atoms with van der Waals surface area (Å²) in [6.45, 7) is 1.42. The summed E-state index contributed by atoms with van der Waals surface area (Å²) in [6, 6.07) is 9.91. The van der Waals surface area contributed by atoms with Gasteiger partial charge in [-0.05, 0) is 48.7 Å². The van der Waals surface area contributed by atoms with Gasteiger partial charge in [-0.2, -0.15) is 0 Å². The number of amides is 4. The lowest BCUT2D eigenvalue weighted by Gasteiger charge is -2.22. The summed E-state index contributed by atoms with van der Waals surface area (Å²) in [6.07, 6.45) is 0.493. The third-order valence-corrected chi connectivity index (χ3v) is 5.46. The maximum Gasteiger partial charge on any atom is 0.325 e. The van der Waals surface area contributed by atoms with E-state index in [-0.39, 0.29) is 17.4 Å². The molecular weight excluding hydrogens is 420 g/mol. The number of nitrogens with zero attached hydrogens (tertiary/aromatic N) is 1. The molecule has 2 N–H and O–H groups in total. The molecular formula is C20H18Cl2FN3O3. The fourth-order valence-corrected chi connectivity index (χ4v) is 3.34. The van der Waals surface area contributed by atoms with Gasteiger partial charge in [0, 0.05) is 6.54 Å². The van der Waals surface area contributed by atoms with Crippen LogP contribution in [0.25, 0.3) is 0 Å². The standard InChI is InChI=1S/C20H18Cl2FN3O3/c1-20(13-4-7-15(21)16(22)10-13)18(28)26(19(29)25-20)11-17(27)24-9-8-12-2-5-14(23)6-3-12/h2-7,10H,8-9,11H2,1H3,(H,24,27)(H,25,29). The SMILES string of the molecule is CC1(c2ccc(Cl)c(Cl)c2)NC(=O)N(CC(=O)NCCc2ccc(F)cc2)C1=O. The van der Waals surface area contributed by atoms with Gasteiger partial charge in [-0.25, -0.2) is 9.18 Å². The molecule has 9 heteroatoms. The van der Waals surface area contributed by atoms with Crippen LogP contribution < -0.4 is 10.6 Å². The smallest absolute Gasteiger partial charge is 0.325 e. The van der Waals surface area contributed by atoms with Crippen LogP contribution in [-0.4, -0.2) is 35.8 Å². The van der Waals surface area contributed by atoms with Gasteiger partial charge in [-0.3, -0.25) is 14.5 Å². The van der Waals surface area contributed by atoms with Crippen molar-refractivity contribution in [3.8, 4) is 0 Å². The van der Waals surface area contributed by atoms with E-state index in [2.05, 4.69) is 10.6 Å². The highest BCUT2D eigenvalue weighted by molar-refractivity contribution is 6.42. The second-order valence-electron chi connectivity index (χ2n) is 6.80. The van der Waals surface area contributed by atoms with Gasteiger partial charge in [0.15, 0.2) is 0 Å². The summed E-state index contributed by atoms with van der Waals surface area (Å²) in [7, 11) is 0. The molecule has 2 aromatic rings. The molecule has 1 unspecified atom stereocenters. The second kappa shape index (κ2) is 8.39. The van der Waals surface area contributed by atoms with Crippen LogP contribution in [0.5, 0.6) is 0 Å². The molecule has 3 rings (SSSR count). The van der Waals surface area contributed by atoms with Gasteiger partial charge in [0.2, 0.25) is 5.91 Å². The summed E-state index contributed by atoms with van der Waals surface area (Å²) >= 11 is 11.9. The van der Waals surface area contributed by atoms with Crippen LogP contribution >= 0.6 is 23.2 Å². The molecule has 6 nitrogen and oxygen atoms in total. The Morgan fingerprint density at radius 2 is 1.83 bits per heavy atom. The zero-order valence-corrected chi connectivity index (χ0v) is 17.0. The predicted octanol–water partition coefficient (Wildman–Crippen LogP) is 3.26. The van der Waals surface area contributed by atoms with Crippen molar-refractivity contribution in [3.05, 3.63) is 69.5 Å². The lowest BCUT2D eigenvalue weighted by atomic mass is 9.92. The third-order valence-electron chi connectivity index (χ3n) is 4.72. The number of benzene rings is 2. The Balaban J connectivity index is 1.61. The molecule has 0 aromatic heterocycles. The maximum atomic E-state index is 12.9. The Morgan fingerprint density at radius 3 is 2.48 bits per heavy atom. The van der Waals surface area contributed by atoms with E-state index in [1.807, 2.05) is 0 Å². The van der Waals surface area contributed by atoms with Gasteiger partial charge in [0.25, 0.3) is 5.91 Å². The molecule has 0 spiro atoms. The highest BCUT2D eigenvalue weighted by Crippen LogP contribution is 2.32. The van der Waals surface area contributed by atoms with Gasteiger partial charge in [0.05, 0.1) is 10.0 Å². The van der Waals surface area contributed by atoms with Crippen LogP contribution in [0.2, 0.25) is 10.0 Å². The lowest BCUT2D eigenvalue weighted by Crippen LogP contribution is -2.43. The Hall–Kier alpha value is -2.64. The molecule has 0 saturated carbocycles. The summed E-state index contributed by atoms with van der Waals surface area (Å²) in [4.78, 5) is 38.2. The molecule has 4 amide bonds. The number of rotatable bonds is 6. The first-order valence-corrected chi connectivity index (χ1v) is 9.57. The zero-order valence-electron chi connectivity index (χ0n) is 15.5. The van der Waals surface area contributed by atoms with E-state index >= 15 is 0 Å². The molecule has 1 saturated heterocycles. The lowest BCUT2D eigenvalue weighted by molar-refractivity contribution is -0.134. The van der Waals surface area contributed by atoms with Crippen molar-refractivity contribution in [3.63, 3.8) is 0 Å². The Morgan fingerprint density at radius 1 is 1.14 bits per heavy atom. The minimum Gasteiger partial charge on any atom is -0.354 e. The largest absolute Gasteiger partial charge is 0.354 e. The fourth-order valence-electron chi connectivity index (χ4n) is 3.04. The van der Waals surface area contributed by atoms with E-state index in [1.165, 1.54) is 24.3 Å². The summed E-state index contributed by atoms with van der Waals surface area (Å²) in [5, 5.41) is 5.84. The topological polar surface area (TPSA) is 78.5 Å². The average molecular weight is 438 g/mol. The summed E-state index contributed by atoms with van der Waals surface area (Å²) in [5.74, 6) is -1.37. The molecule has 1 atom stereocenters. The van der Waals surface area contributed by atoms with E-state index in [4.69, 9.17) is 23.2 Å². The average Bonchev–Trinajstić information content (AvgIpc) is 2.89. The first kappa shape index (κ1) is 21.1. The molecule has 29 heavy (non-hydrogen) atoms. The Bertz CT molecular complexity index is 968. The monoisotopic (exact) mass is 437 g/mol. The van der Waals surface area contributed by atoms with Gasteiger partial charge in [-0.1, -0.05) is 41.4 Å². The number of imide groups is 1. The highest BCUT2D eigenvalue weighted by Gasteiger charge is 2.49. The van der Waals surface area contributed by atoms with Gasteiger partial charge in [0.1, 0.15) is 17.9 Å². The minimum absolute atomic E-state index is 0.254. The molecule has 1 heterocycles. The molecule has 0 bridgehead atoms. The van der Waals surface area contributed by atoms with E-state index in [1.54, 1.807) is 25.1 Å². The Labute approximate surface area is 177 Å². The van der Waals surface area contributed by atoms with Crippen LogP contribution in [0.3, 0.4) is 0 Å². The van der Waals surface area contributed by atoms with Crippen molar-refractivity contribution in [1.29, 1.82) is 0 Å². The number of nitrogens with one attached hydrogen (secondary N) is 2. The predicted molar refractivity (Wildman–Crippen MR) is 107 cm³/mol. The molecule has 2 aromatic carbocycles. The van der Waals surface area contributed by atoms with Crippen molar-refractivity contribution >= 4 is 41.0 Å². The van der Waals surface area contributed by atoms with Crippen LogP contribution in [0.1, 0.15) is 18.1 Å². The first-order valence-electron chi connectivity index (χ1n) is 8.81. The third kappa shape index (κ3) is 4.52. The number of carbonyl (C=O) groups excluding carboxylic acids is 3. The van der Waals surface area contributed by atoms with Gasteiger partial charge < -0.3 is 10.6 Å². The zero-order chi connectivity index (χ0) is 21.2. The molecule has 0 radical (unpaired) electrons. The van der Waals surface area contributed by atoms with Crippen molar-refractivity contribution in [1.82, 2.24) is 15.5 Å². The van der Waals surface area contributed by atoms with E-state index in [0.29, 0.717) is 17.0 Å². The number of halogens is 3. The van der Waals surface area contributed by atoms with Gasteiger partial charge >= 0.3 is 6.03 Å². The van der Waals surface area contributed by atoms with Gasteiger partial charge in [-0.15, -0.1) is 0 Å². The van der Waals surface area contributed by atoms with Crippen LogP contribution in [-0.2, 0) is 21.5 Å². The van der Waals surface area contributed by atoms with Crippen molar-refractivity contribution < 1.29 is 18.8 Å². The number of hydrogen-bond acceptors (Lipinski definition) is 3. The Kier molecular flexibility index (Phi) is 6.10. The normalized spacial score (nSPS) is 18.7. The molecule has 152 valence electrons. The van der Waals surface area contributed by atoms with Crippen LogP contribution in [0, 0.1) is 5.82 Å². The van der Waals surface area contributed by atoms with E-state index in [0.717, 1.165) is 10.5 Å². The van der Waals surface area contributed by atoms with Crippen molar-refractivity contribution in [2.24, 2.45) is 0 Å². The highest BCUT2D eigenvalue weighted by atomic mass is 35.5. The van der Waals surface area contributed by atoms with Crippen molar-refractivity contribution in [2.75, 3.05) is 13.1 Å². The van der Waals surface area contributed by atoms with Crippen molar-refractivity contribution in [2.45, 2.75) is 18.9 Å². The first-order chi connectivity index (χ1) is 13.7. The van der Waals surface area contributed by atoms with E-state index < -0.39 is 29.9 Å². The summed E-state index contributed by atoms with van der Waals surface area (Å²) < 4.78 is 12.9. The quantitative estimate of drug-likeness (QED) is 0.680. The molecule has 1 aliphatic heterocycles. The van der Waals surface area contributed by atoms with Crippen LogP contribution in [0.15, 0.2) is 42.5 Å². The number of hydrogen-bond donors (Lipinski definition) is 2. The molecule has 1 aliphatic rings. The molecule has 1 fully saturated rings. The molecule has 0 aliphatic carbocycles. The fraction of sp³-hybridized carbons (Fsp3) is 0.250. The second-order valence-corrected chi connectivity index (χ2v) is 7.62. The minimum atomic E-state index is -1.35. The summed E-state index contributed by atoms with van der Waals surface area (Å²) in [5.41, 5.74) is -0.0296.